The first kappa shape index (κ1) is 19.4. The second-order valence-corrected chi connectivity index (χ2v) is 6.94. The molecule has 0 spiro atoms. The van der Waals surface area contributed by atoms with E-state index < -0.39 is 0 Å². The van der Waals surface area contributed by atoms with E-state index in [2.05, 4.69) is 50.6 Å². The summed E-state index contributed by atoms with van der Waals surface area (Å²) in [7, 11) is 3.92. The Morgan fingerprint density at radius 3 is 2.05 bits per heavy atom. The average Bonchev–Trinajstić information content (AvgIpc) is 2.27. The molecule has 0 aromatic carbocycles. The van der Waals surface area contributed by atoms with E-state index in [9.17, 15) is 4.79 Å². The van der Waals surface area contributed by atoms with Crippen molar-refractivity contribution in [2.75, 3.05) is 27.2 Å². The molecule has 1 amide bonds. The van der Waals surface area contributed by atoms with Crippen LogP contribution >= 0.6 is 0 Å². The van der Waals surface area contributed by atoms with E-state index in [4.69, 9.17) is 0 Å². The van der Waals surface area contributed by atoms with Crippen LogP contribution in [0.4, 0.5) is 0 Å². The maximum Gasteiger partial charge on any atom is 0.220 e. The lowest BCUT2D eigenvalue weighted by molar-refractivity contribution is -0.124. The minimum Gasteiger partial charge on any atom is -0.351 e. The molecule has 0 aliphatic rings. The predicted molar refractivity (Wildman–Crippen MR) is 86.8 cm³/mol. The van der Waals surface area contributed by atoms with Gasteiger partial charge in [0.2, 0.25) is 5.91 Å². The summed E-state index contributed by atoms with van der Waals surface area (Å²) >= 11 is 0. The molecule has 0 bridgehead atoms. The van der Waals surface area contributed by atoms with Gasteiger partial charge in [0.1, 0.15) is 0 Å². The van der Waals surface area contributed by atoms with Crippen molar-refractivity contribution >= 4 is 5.91 Å². The molecule has 120 valence electrons. The number of carbonyl (C=O) groups is 1. The molecule has 4 nitrogen and oxygen atoms in total. The molecular weight excluding hydrogens is 250 g/mol. The lowest BCUT2D eigenvalue weighted by atomic mass is 9.88. The Kier molecular flexibility index (Phi) is 9.06. The quantitative estimate of drug-likeness (QED) is 0.575. The van der Waals surface area contributed by atoms with Crippen molar-refractivity contribution in [3.63, 3.8) is 0 Å². The summed E-state index contributed by atoms with van der Waals surface area (Å²) in [6, 6.07) is 0. The Morgan fingerprint density at radius 2 is 1.55 bits per heavy atom. The van der Waals surface area contributed by atoms with E-state index in [0.29, 0.717) is 24.2 Å². The first-order valence-electron chi connectivity index (χ1n) is 7.83. The topological polar surface area (TPSA) is 53.2 Å². The highest BCUT2D eigenvalue weighted by Crippen LogP contribution is 2.18. The van der Waals surface area contributed by atoms with E-state index in [-0.39, 0.29) is 11.4 Å². The van der Waals surface area contributed by atoms with Crippen molar-refractivity contribution in [2.24, 2.45) is 17.8 Å². The average molecular weight is 285 g/mol. The van der Waals surface area contributed by atoms with E-state index >= 15 is 0 Å². The van der Waals surface area contributed by atoms with Gasteiger partial charge >= 0.3 is 0 Å². The molecule has 0 aliphatic carbocycles. The van der Waals surface area contributed by atoms with Crippen LogP contribution in [-0.4, -0.2) is 38.6 Å². The Hall–Kier alpha value is -0.610. The zero-order valence-electron chi connectivity index (χ0n) is 14.5. The highest BCUT2D eigenvalue weighted by molar-refractivity contribution is 5.76. The minimum atomic E-state index is -0.170. The third-order valence-corrected chi connectivity index (χ3v) is 4.10. The summed E-state index contributed by atoms with van der Waals surface area (Å²) in [5, 5.41) is 9.54. The molecule has 0 heterocycles. The maximum absolute atomic E-state index is 12.2. The molecule has 0 radical (unpaired) electrons. The van der Waals surface area contributed by atoms with Crippen molar-refractivity contribution in [1.82, 2.24) is 16.0 Å². The van der Waals surface area contributed by atoms with Crippen LogP contribution in [-0.2, 0) is 4.79 Å². The van der Waals surface area contributed by atoms with Gasteiger partial charge in [-0.1, -0.05) is 20.8 Å². The van der Waals surface area contributed by atoms with Gasteiger partial charge in [-0.25, -0.2) is 0 Å². The highest BCUT2D eigenvalue weighted by Gasteiger charge is 2.27. The predicted octanol–water partition coefficient (Wildman–Crippen LogP) is 2.01. The normalized spacial score (nSPS) is 16.6. The largest absolute Gasteiger partial charge is 0.351 e. The van der Waals surface area contributed by atoms with Gasteiger partial charge in [0.15, 0.2) is 0 Å². The number of nitrogens with one attached hydrogen (secondary N) is 3. The lowest BCUT2D eigenvalue weighted by Gasteiger charge is -2.33. The van der Waals surface area contributed by atoms with Gasteiger partial charge in [0.25, 0.3) is 0 Å². The number of amides is 1. The first-order chi connectivity index (χ1) is 9.22. The van der Waals surface area contributed by atoms with Crippen LogP contribution in [0.15, 0.2) is 0 Å². The minimum absolute atomic E-state index is 0.169. The van der Waals surface area contributed by atoms with E-state index in [1.165, 1.54) is 0 Å². The smallest absolute Gasteiger partial charge is 0.220 e. The molecule has 0 rings (SSSR count). The maximum atomic E-state index is 12.2. The van der Waals surface area contributed by atoms with Gasteiger partial charge in [0.05, 0.1) is 0 Å². The zero-order valence-corrected chi connectivity index (χ0v) is 14.5. The molecule has 0 aromatic heterocycles. The molecule has 3 atom stereocenters. The van der Waals surface area contributed by atoms with E-state index in [1.54, 1.807) is 0 Å². The van der Waals surface area contributed by atoms with Crippen LogP contribution in [0.2, 0.25) is 0 Å². The Bertz CT molecular complexity index is 279. The molecule has 0 saturated heterocycles. The fourth-order valence-electron chi connectivity index (χ4n) is 2.61. The summed E-state index contributed by atoms with van der Waals surface area (Å²) in [6.45, 7) is 12.7. The number of hydrogen-bond acceptors (Lipinski definition) is 3. The van der Waals surface area contributed by atoms with Crippen LogP contribution in [0.3, 0.4) is 0 Å². The molecule has 3 N–H and O–H groups in total. The fraction of sp³-hybridized carbons (Fsp3) is 0.938. The van der Waals surface area contributed by atoms with Crippen LogP contribution in [0.25, 0.3) is 0 Å². The van der Waals surface area contributed by atoms with Gasteiger partial charge in [-0.3, -0.25) is 4.79 Å². The van der Waals surface area contributed by atoms with Crippen LogP contribution in [0.5, 0.6) is 0 Å². The van der Waals surface area contributed by atoms with Gasteiger partial charge in [-0.2, -0.15) is 0 Å². The van der Waals surface area contributed by atoms with Crippen LogP contribution in [0, 0.1) is 17.8 Å². The van der Waals surface area contributed by atoms with Crippen LogP contribution < -0.4 is 16.0 Å². The molecule has 4 heteroatoms. The number of hydrogen-bond donors (Lipinski definition) is 3. The van der Waals surface area contributed by atoms with Crippen molar-refractivity contribution < 1.29 is 4.79 Å². The molecule has 0 aliphatic heterocycles. The molecular formula is C16H35N3O. The Balaban J connectivity index is 4.20. The molecule has 0 fully saturated rings. The highest BCUT2D eigenvalue weighted by atomic mass is 16.1. The second-order valence-electron chi connectivity index (χ2n) is 6.94. The van der Waals surface area contributed by atoms with Gasteiger partial charge in [-0.15, -0.1) is 0 Å². The zero-order chi connectivity index (χ0) is 15.8. The summed E-state index contributed by atoms with van der Waals surface area (Å²) in [5.41, 5.74) is -0.170. The third-order valence-electron chi connectivity index (χ3n) is 4.10. The lowest BCUT2D eigenvalue weighted by Crippen LogP contribution is -2.51. The SMILES string of the molecule is CNCC(C)CC(C)CC(=O)NC(C)(C)C(C)CNC. The summed E-state index contributed by atoms with van der Waals surface area (Å²) in [4.78, 5) is 12.2. The van der Waals surface area contributed by atoms with E-state index in [0.717, 1.165) is 19.5 Å². The van der Waals surface area contributed by atoms with Gasteiger partial charge < -0.3 is 16.0 Å². The van der Waals surface area contributed by atoms with E-state index in [1.807, 2.05) is 14.1 Å². The fourth-order valence-corrected chi connectivity index (χ4v) is 2.61. The van der Waals surface area contributed by atoms with Crippen molar-refractivity contribution in [3.8, 4) is 0 Å². The van der Waals surface area contributed by atoms with Gasteiger partial charge in [-0.05, 0) is 65.2 Å². The van der Waals surface area contributed by atoms with Crippen LogP contribution in [0.1, 0.15) is 47.5 Å². The summed E-state index contributed by atoms with van der Waals surface area (Å²) in [6.07, 6.45) is 1.70. The Morgan fingerprint density at radius 1 is 1.00 bits per heavy atom. The second kappa shape index (κ2) is 9.35. The number of carbonyl (C=O) groups excluding carboxylic acids is 1. The van der Waals surface area contributed by atoms with Crippen molar-refractivity contribution in [3.05, 3.63) is 0 Å². The van der Waals surface area contributed by atoms with Gasteiger partial charge in [0, 0.05) is 12.0 Å². The monoisotopic (exact) mass is 285 g/mol. The molecule has 0 aromatic rings. The first-order valence-corrected chi connectivity index (χ1v) is 7.83. The molecule has 3 unspecified atom stereocenters. The standard InChI is InChI=1S/C16H35N3O/c1-12(8-13(2)10-17-6)9-15(20)19-16(4,5)14(3)11-18-7/h12-14,17-18H,8-11H2,1-7H3,(H,19,20). The summed E-state index contributed by atoms with van der Waals surface area (Å²) in [5.74, 6) is 1.60. The number of rotatable bonds is 10. The summed E-state index contributed by atoms with van der Waals surface area (Å²) < 4.78 is 0. The molecule has 20 heavy (non-hydrogen) atoms. The van der Waals surface area contributed by atoms with Crippen molar-refractivity contribution in [1.29, 1.82) is 0 Å². The molecule has 0 saturated carbocycles. The third kappa shape index (κ3) is 7.85. The van der Waals surface area contributed by atoms with Crippen molar-refractivity contribution in [2.45, 2.75) is 53.0 Å². The Labute approximate surface area is 125 Å².